The molecule has 0 amide bonds. The Hall–Kier alpha value is -0.970. The van der Waals surface area contributed by atoms with Crippen molar-refractivity contribution < 1.29 is 0 Å². The second kappa shape index (κ2) is 4.91. The molecule has 16 heavy (non-hydrogen) atoms. The van der Waals surface area contributed by atoms with Crippen molar-refractivity contribution in [1.29, 1.82) is 0 Å². The quantitative estimate of drug-likeness (QED) is 0.869. The van der Waals surface area contributed by atoms with Crippen LogP contribution in [-0.2, 0) is 0 Å². The van der Waals surface area contributed by atoms with Crippen molar-refractivity contribution in [3.05, 3.63) is 11.8 Å². The van der Waals surface area contributed by atoms with Crippen molar-refractivity contribution in [2.45, 2.75) is 19.4 Å². The Morgan fingerprint density at radius 2 is 2.38 bits per heavy atom. The average molecular weight is 238 g/mol. The van der Waals surface area contributed by atoms with Crippen LogP contribution in [-0.4, -0.2) is 41.6 Å². The van der Waals surface area contributed by atoms with Crippen LogP contribution in [0, 0.1) is 6.92 Å². The number of thioether (sulfide) groups is 1. The van der Waals surface area contributed by atoms with Gasteiger partial charge in [-0.1, -0.05) is 0 Å². The average Bonchev–Trinajstić information content (AvgIpc) is 2.82. The summed E-state index contributed by atoms with van der Waals surface area (Å²) >= 11 is 2.02. The summed E-state index contributed by atoms with van der Waals surface area (Å²) in [6.07, 6.45) is 3.13. The number of nitrogens with one attached hydrogen (secondary N) is 1. The maximum absolute atomic E-state index is 4.53. The SMILES string of the molecule is CNc1ncc(C)c(N(C)C2CCSC2)n1. The largest absolute Gasteiger partial charge is 0.357 e. The Kier molecular flexibility index (Phi) is 3.53. The topological polar surface area (TPSA) is 41.1 Å². The summed E-state index contributed by atoms with van der Waals surface area (Å²) in [5.41, 5.74) is 1.14. The highest BCUT2D eigenvalue weighted by molar-refractivity contribution is 7.99. The molecule has 4 nitrogen and oxygen atoms in total. The zero-order chi connectivity index (χ0) is 11.5. The van der Waals surface area contributed by atoms with Gasteiger partial charge in [0.25, 0.3) is 0 Å². The fourth-order valence-corrected chi connectivity index (χ4v) is 3.18. The van der Waals surface area contributed by atoms with Crippen molar-refractivity contribution >= 4 is 23.5 Å². The van der Waals surface area contributed by atoms with Gasteiger partial charge in [-0.05, 0) is 19.1 Å². The molecule has 1 aromatic rings. The molecule has 1 N–H and O–H groups in total. The third-order valence-corrected chi connectivity index (χ3v) is 4.10. The Morgan fingerprint density at radius 3 is 3.00 bits per heavy atom. The van der Waals surface area contributed by atoms with Crippen molar-refractivity contribution in [2.24, 2.45) is 0 Å². The molecule has 0 aliphatic carbocycles. The predicted molar refractivity (Wildman–Crippen MR) is 70.4 cm³/mol. The van der Waals surface area contributed by atoms with Crippen molar-refractivity contribution in [1.82, 2.24) is 9.97 Å². The fourth-order valence-electron chi connectivity index (χ4n) is 1.91. The molecule has 0 radical (unpaired) electrons. The first kappa shape index (κ1) is 11.5. The minimum atomic E-state index is 0.614. The summed E-state index contributed by atoms with van der Waals surface area (Å²) in [5.74, 6) is 4.21. The first-order chi connectivity index (χ1) is 7.72. The van der Waals surface area contributed by atoms with Crippen LogP contribution in [0.4, 0.5) is 11.8 Å². The third kappa shape index (κ3) is 2.24. The molecule has 0 bridgehead atoms. The van der Waals surface area contributed by atoms with E-state index < -0.39 is 0 Å². The van der Waals surface area contributed by atoms with Gasteiger partial charge in [-0.25, -0.2) is 4.98 Å². The van der Waals surface area contributed by atoms with Crippen molar-refractivity contribution in [3.8, 4) is 0 Å². The number of anilines is 2. The lowest BCUT2D eigenvalue weighted by atomic mass is 10.2. The summed E-state index contributed by atoms with van der Waals surface area (Å²) < 4.78 is 0. The van der Waals surface area contributed by atoms with Crippen LogP contribution < -0.4 is 10.2 Å². The molecule has 0 spiro atoms. The molecule has 0 aromatic carbocycles. The summed E-state index contributed by atoms with van der Waals surface area (Å²) in [6, 6.07) is 0.614. The molecule has 2 heterocycles. The second-order valence-electron chi connectivity index (χ2n) is 4.08. The van der Waals surface area contributed by atoms with Gasteiger partial charge in [0, 0.05) is 37.7 Å². The standard InChI is InChI=1S/C11H18N4S/c1-8-6-13-11(12-2)14-10(8)15(3)9-4-5-16-7-9/h6,9H,4-5,7H2,1-3H3,(H,12,13,14). The molecule has 1 saturated heterocycles. The molecule has 1 aliphatic rings. The highest BCUT2D eigenvalue weighted by Gasteiger charge is 2.22. The van der Waals surface area contributed by atoms with Gasteiger partial charge in [0.2, 0.25) is 5.95 Å². The summed E-state index contributed by atoms with van der Waals surface area (Å²) in [4.78, 5) is 11.0. The van der Waals surface area contributed by atoms with E-state index in [9.17, 15) is 0 Å². The van der Waals surface area contributed by atoms with Crippen LogP contribution in [0.1, 0.15) is 12.0 Å². The molecule has 1 atom stereocenters. The number of nitrogens with zero attached hydrogens (tertiary/aromatic N) is 3. The fraction of sp³-hybridized carbons (Fsp3) is 0.636. The summed E-state index contributed by atoms with van der Waals surface area (Å²) in [5, 5.41) is 2.99. The van der Waals surface area contributed by atoms with Crippen LogP contribution in [0.25, 0.3) is 0 Å². The van der Waals surface area contributed by atoms with E-state index in [1.54, 1.807) is 0 Å². The Labute approximate surface area is 101 Å². The van der Waals surface area contributed by atoms with Crippen LogP contribution >= 0.6 is 11.8 Å². The van der Waals surface area contributed by atoms with Crippen molar-refractivity contribution in [3.63, 3.8) is 0 Å². The van der Waals surface area contributed by atoms with Gasteiger partial charge in [-0.2, -0.15) is 16.7 Å². The Balaban J connectivity index is 2.23. The van der Waals surface area contributed by atoms with Gasteiger partial charge < -0.3 is 10.2 Å². The van der Waals surface area contributed by atoms with Crippen LogP contribution in [0.5, 0.6) is 0 Å². The zero-order valence-electron chi connectivity index (χ0n) is 10.0. The van der Waals surface area contributed by atoms with Crippen LogP contribution in [0.3, 0.4) is 0 Å². The van der Waals surface area contributed by atoms with E-state index in [1.165, 1.54) is 17.9 Å². The highest BCUT2D eigenvalue weighted by Crippen LogP contribution is 2.26. The van der Waals surface area contributed by atoms with Gasteiger partial charge in [-0.15, -0.1) is 0 Å². The monoisotopic (exact) mass is 238 g/mol. The number of rotatable bonds is 3. The van der Waals surface area contributed by atoms with Crippen LogP contribution in [0.15, 0.2) is 6.20 Å². The minimum Gasteiger partial charge on any atom is -0.357 e. The molecular weight excluding hydrogens is 220 g/mol. The van der Waals surface area contributed by atoms with E-state index in [2.05, 4.69) is 34.2 Å². The molecule has 1 aliphatic heterocycles. The predicted octanol–water partition coefficient (Wildman–Crippen LogP) is 1.77. The maximum atomic E-state index is 4.53. The van der Waals surface area contributed by atoms with Gasteiger partial charge in [0.1, 0.15) is 5.82 Å². The van der Waals surface area contributed by atoms with E-state index in [4.69, 9.17) is 0 Å². The van der Waals surface area contributed by atoms with Gasteiger partial charge in [0.05, 0.1) is 0 Å². The Bertz CT molecular complexity index is 363. The lowest BCUT2D eigenvalue weighted by Crippen LogP contribution is -2.32. The second-order valence-corrected chi connectivity index (χ2v) is 5.23. The van der Waals surface area contributed by atoms with Gasteiger partial charge >= 0.3 is 0 Å². The maximum Gasteiger partial charge on any atom is 0.224 e. The molecule has 5 heteroatoms. The molecule has 1 unspecified atom stereocenters. The third-order valence-electron chi connectivity index (χ3n) is 2.96. The number of hydrogen-bond acceptors (Lipinski definition) is 5. The highest BCUT2D eigenvalue weighted by atomic mass is 32.2. The molecule has 1 aromatic heterocycles. The number of aromatic nitrogens is 2. The smallest absolute Gasteiger partial charge is 0.224 e. The van der Waals surface area contributed by atoms with E-state index >= 15 is 0 Å². The number of hydrogen-bond donors (Lipinski definition) is 1. The molecule has 1 fully saturated rings. The molecular formula is C11H18N4S. The Morgan fingerprint density at radius 1 is 1.56 bits per heavy atom. The summed E-state index contributed by atoms with van der Waals surface area (Å²) in [7, 11) is 3.98. The molecule has 88 valence electrons. The van der Waals surface area contributed by atoms with Crippen LogP contribution in [0.2, 0.25) is 0 Å². The first-order valence-corrected chi connectivity index (χ1v) is 6.70. The molecule has 2 rings (SSSR count). The molecule has 0 saturated carbocycles. The lowest BCUT2D eigenvalue weighted by molar-refractivity contribution is 0.689. The van der Waals surface area contributed by atoms with E-state index in [1.807, 2.05) is 25.0 Å². The lowest BCUT2D eigenvalue weighted by Gasteiger charge is -2.26. The van der Waals surface area contributed by atoms with Gasteiger partial charge in [-0.3, -0.25) is 0 Å². The van der Waals surface area contributed by atoms with E-state index in [-0.39, 0.29) is 0 Å². The minimum absolute atomic E-state index is 0.614. The normalized spacial score (nSPS) is 19.8. The van der Waals surface area contributed by atoms with Gasteiger partial charge in [0.15, 0.2) is 0 Å². The van der Waals surface area contributed by atoms with E-state index in [0.29, 0.717) is 12.0 Å². The number of aryl methyl sites for hydroxylation is 1. The first-order valence-electron chi connectivity index (χ1n) is 5.54. The summed E-state index contributed by atoms with van der Waals surface area (Å²) in [6.45, 7) is 2.06. The zero-order valence-corrected chi connectivity index (χ0v) is 10.8. The van der Waals surface area contributed by atoms with Crippen molar-refractivity contribution in [2.75, 3.05) is 35.8 Å². The van der Waals surface area contributed by atoms with E-state index in [0.717, 1.165) is 11.4 Å².